The highest BCUT2D eigenvalue weighted by atomic mass is 35.5. The first-order valence-electron chi connectivity index (χ1n) is 10.4. The van der Waals surface area contributed by atoms with Crippen molar-refractivity contribution in [3.8, 4) is 0 Å². The van der Waals surface area contributed by atoms with E-state index in [2.05, 4.69) is 5.10 Å². The molecule has 164 valence electrons. The van der Waals surface area contributed by atoms with E-state index < -0.39 is 47.0 Å². The van der Waals surface area contributed by atoms with Gasteiger partial charge < -0.3 is 0 Å². The zero-order chi connectivity index (χ0) is 22.9. The smallest absolute Gasteiger partial charge is 0.240 e. The number of carbonyl (C=O) groups is 3. The lowest BCUT2D eigenvalue weighted by Crippen LogP contribution is -2.48. The van der Waals surface area contributed by atoms with Crippen LogP contribution in [0.1, 0.15) is 37.9 Å². The summed E-state index contributed by atoms with van der Waals surface area (Å²) in [7, 11) is 0. The number of ketones is 1. The van der Waals surface area contributed by atoms with Crippen molar-refractivity contribution in [2.75, 3.05) is 4.90 Å². The number of anilines is 1. The lowest BCUT2D eigenvalue weighted by atomic mass is 9.79. The van der Waals surface area contributed by atoms with Crippen molar-refractivity contribution in [2.45, 2.75) is 32.9 Å². The summed E-state index contributed by atoms with van der Waals surface area (Å²) in [4.78, 5) is 41.8. The monoisotopic (exact) mass is 453 g/mol. The molecular weight excluding hydrogens is 433 g/mol. The lowest BCUT2D eigenvalue weighted by molar-refractivity contribution is -0.136. The van der Waals surface area contributed by atoms with Gasteiger partial charge >= 0.3 is 0 Å². The predicted molar refractivity (Wildman–Crippen MR) is 118 cm³/mol. The van der Waals surface area contributed by atoms with Crippen LogP contribution >= 0.6 is 11.6 Å². The Balaban J connectivity index is 1.67. The van der Waals surface area contributed by atoms with E-state index >= 15 is 0 Å². The van der Waals surface area contributed by atoms with Gasteiger partial charge in [-0.05, 0) is 29.3 Å². The molecule has 3 aliphatic rings. The molecule has 0 spiro atoms. The molecule has 4 atom stereocenters. The summed E-state index contributed by atoms with van der Waals surface area (Å²) < 4.78 is 13.7. The van der Waals surface area contributed by atoms with Crippen LogP contribution in [0.25, 0.3) is 0 Å². The van der Waals surface area contributed by atoms with Crippen LogP contribution in [0.2, 0.25) is 5.02 Å². The highest BCUT2D eigenvalue weighted by Gasteiger charge is 2.66. The molecule has 0 aromatic heterocycles. The maximum atomic E-state index is 13.7. The van der Waals surface area contributed by atoms with E-state index in [1.807, 2.05) is 24.3 Å². The number of Topliss-reactive ketones (excluding diaryl/α,β-unsaturated/α-hetero) is 1. The largest absolute Gasteiger partial charge is 0.297 e. The molecule has 2 saturated heterocycles. The van der Waals surface area contributed by atoms with Gasteiger partial charge in [-0.3, -0.25) is 19.4 Å². The van der Waals surface area contributed by atoms with Crippen molar-refractivity contribution in [1.82, 2.24) is 5.01 Å². The fourth-order valence-corrected chi connectivity index (χ4v) is 5.17. The third-order valence-electron chi connectivity index (χ3n) is 6.46. The molecule has 6 nitrogen and oxygen atoms in total. The van der Waals surface area contributed by atoms with E-state index in [4.69, 9.17) is 11.6 Å². The Labute approximate surface area is 189 Å². The average Bonchev–Trinajstić information content (AvgIpc) is 3.22. The second-order valence-corrected chi connectivity index (χ2v) is 9.83. The summed E-state index contributed by atoms with van der Waals surface area (Å²) in [5.41, 5.74) is 1.15. The third-order valence-corrected chi connectivity index (χ3v) is 6.75. The second-order valence-electron chi connectivity index (χ2n) is 9.42. The molecule has 0 aliphatic carbocycles. The molecule has 2 aromatic rings. The molecule has 0 saturated carbocycles. The quantitative estimate of drug-likeness (QED) is 0.645. The van der Waals surface area contributed by atoms with Gasteiger partial charge in [-0.15, -0.1) is 0 Å². The number of hydrogen-bond donors (Lipinski definition) is 0. The number of benzene rings is 2. The Morgan fingerprint density at radius 1 is 1.06 bits per heavy atom. The van der Waals surface area contributed by atoms with Gasteiger partial charge in [0.15, 0.2) is 5.78 Å². The number of hydrogen-bond acceptors (Lipinski definition) is 5. The normalized spacial score (nSPS) is 26.3. The van der Waals surface area contributed by atoms with Crippen molar-refractivity contribution in [2.24, 2.45) is 22.4 Å². The zero-order valence-electron chi connectivity index (χ0n) is 17.8. The van der Waals surface area contributed by atoms with Gasteiger partial charge in [0.1, 0.15) is 11.9 Å². The van der Waals surface area contributed by atoms with Crippen LogP contribution in [0.5, 0.6) is 0 Å². The van der Waals surface area contributed by atoms with E-state index in [1.165, 1.54) is 12.1 Å². The second kappa shape index (κ2) is 6.97. The van der Waals surface area contributed by atoms with Gasteiger partial charge in [-0.1, -0.05) is 56.6 Å². The number of amides is 2. The van der Waals surface area contributed by atoms with Gasteiger partial charge in [-0.25, -0.2) is 9.29 Å². The lowest BCUT2D eigenvalue weighted by Gasteiger charge is -2.35. The van der Waals surface area contributed by atoms with Crippen LogP contribution in [0.3, 0.4) is 0 Å². The summed E-state index contributed by atoms with van der Waals surface area (Å²) in [5.74, 6) is -3.42. The molecule has 3 heterocycles. The van der Waals surface area contributed by atoms with Crippen LogP contribution < -0.4 is 4.90 Å². The Kier molecular flexibility index (Phi) is 4.53. The van der Waals surface area contributed by atoms with Crippen LogP contribution in [0.4, 0.5) is 10.1 Å². The van der Waals surface area contributed by atoms with Crippen LogP contribution in [-0.2, 0) is 14.4 Å². The van der Waals surface area contributed by atoms with Crippen LogP contribution in [-0.4, -0.2) is 34.9 Å². The standard InChI is InChI=1S/C24H21ClFN3O3/c1-24(2,3)21(30)20-18-17(19-14-7-5-4-6-12(14)11-27-29(19)20)22(31)28(23(18)32)13-8-9-16(26)15(25)10-13/h4-11,17-20H,1-3H3/t17-,18-,19+,20+/m1/s1. The molecule has 32 heavy (non-hydrogen) atoms. The molecule has 0 N–H and O–H groups in total. The zero-order valence-corrected chi connectivity index (χ0v) is 18.5. The Bertz CT molecular complexity index is 1210. The Morgan fingerprint density at radius 2 is 1.75 bits per heavy atom. The van der Waals surface area contributed by atoms with Gasteiger partial charge in [0.05, 0.1) is 34.8 Å². The highest BCUT2D eigenvalue weighted by Crippen LogP contribution is 2.53. The maximum Gasteiger partial charge on any atom is 0.240 e. The van der Waals surface area contributed by atoms with Crippen LogP contribution in [0, 0.1) is 23.1 Å². The summed E-state index contributed by atoms with van der Waals surface area (Å²) in [6.45, 7) is 5.37. The molecule has 0 radical (unpaired) electrons. The molecule has 2 fully saturated rings. The number of halogens is 2. The number of fused-ring (bicyclic) bond motifs is 5. The summed E-state index contributed by atoms with van der Waals surface area (Å²) in [6, 6.07) is 9.83. The van der Waals surface area contributed by atoms with Gasteiger partial charge in [0.2, 0.25) is 11.8 Å². The topological polar surface area (TPSA) is 70.0 Å². The molecule has 5 rings (SSSR count). The molecule has 0 unspecified atom stereocenters. The van der Waals surface area contributed by atoms with Crippen molar-refractivity contribution in [3.05, 3.63) is 64.4 Å². The number of rotatable bonds is 2. The first-order valence-corrected chi connectivity index (χ1v) is 10.8. The number of imide groups is 1. The predicted octanol–water partition coefficient (Wildman–Crippen LogP) is 3.97. The highest BCUT2D eigenvalue weighted by molar-refractivity contribution is 6.31. The SMILES string of the molecule is CC(C)(C)C(=O)[C@@H]1[C@@H]2C(=O)N(c3ccc(F)c(Cl)c3)C(=O)[C@H]2[C@@H]2c3ccccc3C=NN12. The molecule has 2 amide bonds. The summed E-state index contributed by atoms with van der Waals surface area (Å²) in [6.07, 6.45) is 1.67. The molecule has 2 aromatic carbocycles. The summed E-state index contributed by atoms with van der Waals surface area (Å²) >= 11 is 5.92. The summed E-state index contributed by atoms with van der Waals surface area (Å²) in [5, 5.41) is 5.97. The number of carbonyl (C=O) groups excluding carboxylic acids is 3. The van der Waals surface area contributed by atoms with Crippen molar-refractivity contribution in [1.29, 1.82) is 0 Å². The van der Waals surface area contributed by atoms with Crippen molar-refractivity contribution >= 4 is 41.1 Å². The van der Waals surface area contributed by atoms with E-state index in [9.17, 15) is 18.8 Å². The van der Waals surface area contributed by atoms with E-state index in [-0.39, 0.29) is 16.5 Å². The molecular formula is C24H21ClFN3O3. The molecule has 8 heteroatoms. The minimum Gasteiger partial charge on any atom is -0.297 e. The Hall–Kier alpha value is -3.06. The van der Waals surface area contributed by atoms with E-state index in [0.29, 0.717) is 0 Å². The van der Waals surface area contributed by atoms with E-state index in [0.717, 1.165) is 22.1 Å². The molecule has 3 aliphatic heterocycles. The first kappa shape index (κ1) is 20.8. The Morgan fingerprint density at radius 3 is 2.44 bits per heavy atom. The minimum atomic E-state index is -0.897. The number of hydrazone groups is 1. The third kappa shape index (κ3) is 2.84. The minimum absolute atomic E-state index is 0.160. The van der Waals surface area contributed by atoms with Crippen molar-refractivity contribution < 1.29 is 18.8 Å². The van der Waals surface area contributed by atoms with Gasteiger partial charge in [0.25, 0.3) is 0 Å². The first-order chi connectivity index (χ1) is 15.1. The fraction of sp³-hybridized carbons (Fsp3) is 0.333. The number of nitrogens with zero attached hydrogens (tertiary/aromatic N) is 3. The fourth-order valence-electron chi connectivity index (χ4n) is 4.99. The average molecular weight is 454 g/mol. The molecule has 0 bridgehead atoms. The van der Waals surface area contributed by atoms with Gasteiger partial charge in [-0.2, -0.15) is 5.10 Å². The van der Waals surface area contributed by atoms with Crippen LogP contribution in [0.15, 0.2) is 47.6 Å². The van der Waals surface area contributed by atoms with Gasteiger partial charge in [0, 0.05) is 5.41 Å². The van der Waals surface area contributed by atoms with E-state index in [1.54, 1.807) is 32.0 Å². The maximum absolute atomic E-state index is 13.7. The van der Waals surface area contributed by atoms with Crippen molar-refractivity contribution in [3.63, 3.8) is 0 Å².